The molecule has 1 heterocycles. The molecule has 2 rings (SSSR count). The van der Waals surface area contributed by atoms with Crippen molar-refractivity contribution in [2.75, 3.05) is 5.43 Å². The predicted molar refractivity (Wildman–Crippen MR) is 76.2 cm³/mol. The molecular formula is C13H13N3O3S. The molecule has 0 aliphatic rings. The first-order chi connectivity index (χ1) is 9.65. The highest BCUT2D eigenvalue weighted by Gasteiger charge is 2.07. The maximum atomic E-state index is 11.3. The van der Waals surface area contributed by atoms with Crippen LogP contribution in [0.5, 0.6) is 0 Å². The van der Waals surface area contributed by atoms with Crippen molar-refractivity contribution < 1.29 is 14.7 Å². The number of carbonyl (C=O) groups excluding carboxylic acids is 1. The number of hydrazine groups is 1. The van der Waals surface area contributed by atoms with Crippen molar-refractivity contribution in [1.82, 2.24) is 10.4 Å². The zero-order valence-electron chi connectivity index (χ0n) is 10.5. The fraction of sp³-hybridized carbons (Fsp3) is 0.154. The average Bonchev–Trinajstić information content (AvgIpc) is 2.93. The number of hydrogen-bond donors (Lipinski definition) is 3. The summed E-state index contributed by atoms with van der Waals surface area (Å²) in [5.74, 6) is -1.38. The van der Waals surface area contributed by atoms with Gasteiger partial charge in [-0.25, -0.2) is 4.98 Å². The summed E-state index contributed by atoms with van der Waals surface area (Å²) in [6.45, 7) is 0. The van der Waals surface area contributed by atoms with E-state index in [1.807, 2.05) is 35.7 Å². The first-order valence-electron chi connectivity index (χ1n) is 5.93. The Balaban J connectivity index is 1.87. The van der Waals surface area contributed by atoms with Crippen molar-refractivity contribution in [3.05, 3.63) is 35.7 Å². The van der Waals surface area contributed by atoms with Gasteiger partial charge in [0.15, 0.2) is 0 Å². The van der Waals surface area contributed by atoms with Gasteiger partial charge in [0.05, 0.1) is 12.1 Å². The van der Waals surface area contributed by atoms with E-state index in [1.165, 1.54) is 11.3 Å². The summed E-state index contributed by atoms with van der Waals surface area (Å²) in [6.07, 6.45) is -0.264. The standard InChI is InChI=1S/C13H13N3O3S/c17-11(6-7-12(18)19)15-16-13-14-10(8-20-13)9-4-2-1-3-5-9/h1-5,8H,6-7H2,(H,14,16)(H,15,17)(H,18,19). The molecule has 0 spiro atoms. The molecule has 1 aromatic carbocycles. The van der Waals surface area contributed by atoms with Crippen LogP contribution in [0.15, 0.2) is 35.7 Å². The van der Waals surface area contributed by atoms with E-state index in [9.17, 15) is 9.59 Å². The van der Waals surface area contributed by atoms with Gasteiger partial charge in [-0.3, -0.25) is 20.4 Å². The molecule has 1 aromatic heterocycles. The molecule has 6 nitrogen and oxygen atoms in total. The molecule has 1 amide bonds. The summed E-state index contributed by atoms with van der Waals surface area (Å²) < 4.78 is 0. The highest BCUT2D eigenvalue weighted by atomic mass is 32.1. The van der Waals surface area contributed by atoms with Crippen LogP contribution in [-0.4, -0.2) is 22.0 Å². The van der Waals surface area contributed by atoms with Crippen LogP contribution in [0, 0.1) is 0 Å². The minimum Gasteiger partial charge on any atom is -0.481 e. The molecule has 3 N–H and O–H groups in total. The number of carboxylic acid groups (broad SMARTS) is 1. The molecule has 0 bridgehead atoms. The van der Waals surface area contributed by atoms with Gasteiger partial charge < -0.3 is 5.11 Å². The van der Waals surface area contributed by atoms with Crippen LogP contribution in [0.3, 0.4) is 0 Å². The number of carboxylic acids is 1. The highest BCUT2D eigenvalue weighted by Crippen LogP contribution is 2.23. The predicted octanol–water partition coefficient (Wildman–Crippen LogP) is 2.12. The van der Waals surface area contributed by atoms with Crippen molar-refractivity contribution >= 4 is 28.3 Å². The minimum atomic E-state index is -0.999. The molecule has 0 aliphatic heterocycles. The van der Waals surface area contributed by atoms with Gasteiger partial charge in [-0.2, -0.15) is 0 Å². The fourth-order valence-corrected chi connectivity index (χ4v) is 2.15. The molecule has 7 heteroatoms. The third-order valence-corrected chi connectivity index (χ3v) is 3.21. The third kappa shape index (κ3) is 4.06. The van der Waals surface area contributed by atoms with Crippen LogP contribution < -0.4 is 10.9 Å². The van der Waals surface area contributed by atoms with Gasteiger partial charge >= 0.3 is 5.97 Å². The van der Waals surface area contributed by atoms with E-state index in [2.05, 4.69) is 15.8 Å². The van der Waals surface area contributed by atoms with Gasteiger partial charge in [0, 0.05) is 17.4 Å². The van der Waals surface area contributed by atoms with E-state index in [0.29, 0.717) is 5.13 Å². The van der Waals surface area contributed by atoms with Crippen LogP contribution in [0.1, 0.15) is 12.8 Å². The maximum absolute atomic E-state index is 11.3. The molecule has 0 saturated carbocycles. The largest absolute Gasteiger partial charge is 0.481 e. The number of aliphatic carboxylic acids is 1. The van der Waals surface area contributed by atoms with Gasteiger partial charge in [0.25, 0.3) is 0 Å². The topological polar surface area (TPSA) is 91.3 Å². The van der Waals surface area contributed by atoms with Crippen LogP contribution in [0.4, 0.5) is 5.13 Å². The normalized spacial score (nSPS) is 10.0. The number of hydrogen-bond acceptors (Lipinski definition) is 5. The number of amides is 1. The number of benzene rings is 1. The van der Waals surface area contributed by atoms with Gasteiger partial charge in [0.2, 0.25) is 11.0 Å². The molecule has 0 saturated heterocycles. The molecule has 104 valence electrons. The van der Waals surface area contributed by atoms with Gasteiger partial charge in [-0.1, -0.05) is 30.3 Å². The molecule has 0 radical (unpaired) electrons. The highest BCUT2D eigenvalue weighted by molar-refractivity contribution is 7.14. The van der Waals surface area contributed by atoms with E-state index in [0.717, 1.165) is 11.3 Å². The summed E-state index contributed by atoms with van der Waals surface area (Å²) in [6, 6.07) is 9.68. The lowest BCUT2D eigenvalue weighted by Crippen LogP contribution is -2.29. The molecular weight excluding hydrogens is 278 g/mol. The lowest BCUT2D eigenvalue weighted by Gasteiger charge is -2.03. The first-order valence-corrected chi connectivity index (χ1v) is 6.81. The Bertz CT molecular complexity index is 598. The third-order valence-electron chi connectivity index (χ3n) is 2.45. The summed E-state index contributed by atoms with van der Waals surface area (Å²) in [5, 5.41) is 10.9. The van der Waals surface area contributed by atoms with E-state index in [-0.39, 0.29) is 18.7 Å². The lowest BCUT2D eigenvalue weighted by atomic mass is 10.2. The quantitative estimate of drug-likeness (QED) is 0.709. The Hall–Kier alpha value is -2.41. The van der Waals surface area contributed by atoms with E-state index >= 15 is 0 Å². The van der Waals surface area contributed by atoms with Crippen LogP contribution in [0.25, 0.3) is 11.3 Å². The SMILES string of the molecule is O=C(O)CCC(=O)NNc1nc(-c2ccccc2)cs1. The van der Waals surface area contributed by atoms with Crippen molar-refractivity contribution in [3.8, 4) is 11.3 Å². The molecule has 20 heavy (non-hydrogen) atoms. The Kier molecular flexibility index (Phi) is 4.67. The van der Waals surface area contributed by atoms with E-state index in [4.69, 9.17) is 5.11 Å². The summed E-state index contributed by atoms with van der Waals surface area (Å²) >= 11 is 1.36. The number of aromatic nitrogens is 1. The van der Waals surface area contributed by atoms with Gasteiger partial charge in [-0.05, 0) is 0 Å². The second-order valence-corrected chi connectivity index (χ2v) is 4.83. The zero-order chi connectivity index (χ0) is 14.4. The van der Waals surface area contributed by atoms with E-state index < -0.39 is 5.97 Å². The van der Waals surface area contributed by atoms with E-state index in [1.54, 1.807) is 0 Å². The number of nitrogens with zero attached hydrogens (tertiary/aromatic N) is 1. The molecule has 2 aromatic rings. The van der Waals surface area contributed by atoms with Crippen molar-refractivity contribution in [2.45, 2.75) is 12.8 Å². The second kappa shape index (κ2) is 6.67. The minimum absolute atomic E-state index is 0.0702. The summed E-state index contributed by atoms with van der Waals surface area (Å²) in [4.78, 5) is 26.0. The first kappa shape index (κ1) is 14.0. The molecule has 0 fully saturated rings. The van der Waals surface area contributed by atoms with Crippen LogP contribution in [0.2, 0.25) is 0 Å². The Morgan fingerprint density at radius 3 is 2.65 bits per heavy atom. The molecule has 0 aliphatic carbocycles. The van der Waals surface area contributed by atoms with Crippen molar-refractivity contribution in [1.29, 1.82) is 0 Å². The Morgan fingerprint density at radius 1 is 1.20 bits per heavy atom. The number of anilines is 1. The monoisotopic (exact) mass is 291 g/mol. The maximum Gasteiger partial charge on any atom is 0.303 e. The van der Waals surface area contributed by atoms with Crippen molar-refractivity contribution in [3.63, 3.8) is 0 Å². The Morgan fingerprint density at radius 2 is 1.95 bits per heavy atom. The van der Waals surface area contributed by atoms with Crippen molar-refractivity contribution in [2.24, 2.45) is 0 Å². The number of nitrogens with one attached hydrogen (secondary N) is 2. The van der Waals surface area contributed by atoms with Crippen LogP contribution in [-0.2, 0) is 9.59 Å². The number of rotatable bonds is 6. The van der Waals surface area contributed by atoms with Gasteiger partial charge in [-0.15, -0.1) is 11.3 Å². The zero-order valence-corrected chi connectivity index (χ0v) is 11.3. The summed E-state index contributed by atoms with van der Waals surface area (Å²) in [7, 11) is 0. The number of thiazole rings is 1. The smallest absolute Gasteiger partial charge is 0.303 e. The summed E-state index contributed by atoms with van der Waals surface area (Å²) in [5.41, 5.74) is 6.90. The van der Waals surface area contributed by atoms with Crippen LogP contribution >= 0.6 is 11.3 Å². The average molecular weight is 291 g/mol. The lowest BCUT2D eigenvalue weighted by molar-refractivity contribution is -0.138. The Labute approximate surface area is 119 Å². The van der Waals surface area contributed by atoms with Gasteiger partial charge in [0.1, 0.15) is 0 Å². The number of carbonyl (C=O) groups is 2. The molecule has 0 atom stereocenters. The molecule has 0 unspecified atom stereocenters. The second-order valence-electron chi connectivity index (χ2n) is 3.97. The fourth-order valence-electron chi connectivity index (χ4n) is 1.48.